The van der Waals surface area contributed by atoms with Gasteiger partial charge in [0.15, 0.2) is 0 Å². The molecule has 0 aromatic rings. The van der Waals surface area contributed by atoms with E-state index in [1.54, 1.807) is 19.1 Å². The summed E-state index contributed by atoms with van der Waals surface area (Å²) in [5.41, 5.74) is 0.114. The second-order valence-corrected chi connectivity index (χ2v) is 4.22. The fourth-order valence-corrected chi connectivity index (χ4v) is 0.777. The molecule has 0 aliphatic rings. The van der Waals surface area contributed by atoms with Crippen molar-refractivity contribution in [2.75, 3.05) is 13.2 Å². The molecule has 0 aromatic carbocycles. The first-order valence-corrected chi connectivity index (χ1v) is 4.95. The molecular formula is C12H20O3. The Morgan fingerprint density at radius 2 is 1.93 bits per heavy atom. The molecule has 0 atom stereocenters. The molecule has 0 heterocycles. The minimum atomic E-state index is -0.450. The molecule has 0 saturated heterocycles. The zero-order valence-corrected chi connectivity index (χ0v) is 10.0. The van der Waals surface area contributed by atoms with Crippen molar-refractivity contribution >= 4 is 5.97 Å². The van der Waals surface area contributed by atoms with Crippen molar-refractivity contribution in [3.63, 3.8) is 0 Å². The molecule has 0 spiro atoms. The van der Waals surface area contributed by atoms with Gasteiger partial charge in [-0.25, -0.2) is 4.79 Å². The molecule has 86 valence electrons. The van der Waals surface area contributed by atoms with Gasteiger partial charge in [-0.2, -0.15) is 0 Å². The van der Waals surface area contributed by atoms with Crippen LogP contribution < -0.4 is 0 Å². The van der Waals surface area contributed by atoms with Gasteiger partial charge < -0.3 is 9.47 Å². The highest BCUT2D eigenvalue weighted by molar-refractivity contribution is 5.88. The van der Waals surface area contributed by atoms with Crippen LogP contribution in [0, 0.1) is 0 Å². The van der Waals surface area contributed by atoms with Crippen LogP contribution in [0.3, 0.4) is 0 Å². The third kappa shape index (κ3) is 7.94. The summed E-state index contributed by atoms with van der Waals surface area (Å²) in [4.78, 5) is 11.5. The Kier molecular flexibility index (Phi) is 5.94. The Hall–Kier alpha value is -1.09. The molecule has 0 bridgehead atoms. The monoisotopic (exact) mass is 212 g/mol. The number of hydrogen-bond acceptors (Lipinski definition) is 3. The van der Waals surface area contributed by atoms with Crippen LogP contribution in [-0.2, 0) is 14.3 Å². The number of hydrogen-bond donors (Lipinski definition) is 0. The quantitative estimate of drug-likeness (QED) is 0.304. The normalized spacial score (nSPS) is 12.4. The molecule has 15 heavy (non-hydrogen) atoms. The van der Waals surface area contributed by atoms with E-state index in [1.165, 1.54) is 0 Å². The van der Waals surface area contributed by atoms with Crippen molar-refractivity contribution in [3.05, 3.63) is 24.3 Å². The highest BCUT2D eigenvalue weighted by atomic mass is 16.6. The summed E-state index contributed by atoms with van der Waals surface area (Å²) in [6, 6.07) is 0. The van der Waals surface area contributed by atoms with Crippen LogP contribution in [-0.4, -0.2) is 24.8 Å². The molecule has 0 saturated carbocycles. The zero-order chi connectivity index (χ0) is 11.9. The van der Waals surface area contributed by atoms with E-state index in [0.717, 1.165) is 0 Å². The van der Waals surface area contributed by atoms with E-state index >= 15 is 0 Å². The lowest BCUT2D eigenvalue weighted by atomic mass is 10.2. The predicted molar refractivity (Wildman–Crippen MR) is 60.6 cm³/mol. The van der Waals surface area contributed by atoms with Crippen LogP contribution in [0.4, 0.5) is 0 Å². The van der Waals surface area contributed by atoms with E-state index < -0.39 is 5.60 Å². The lowest BCUT2D eigenvalue weighted by Gasteiger charge is -2.19. The molecule has 0 N–H and O–H groups in total. The highest BCUT2D eigenvalue weighted by Gasteiger charge is 2.16. The summed E-state index contributed by atoms with van der Waals surface area (Å²) < 4.78 is 10.3. The third-order valence-electron chi connectivity index (χ3n) is 1.46. The zero-order valence-electron chi connectivity index (χ0n) is 10.0. The topological polar surface area (TPSA) is 35.5 Å². The predicted octanol–water partition coefficient (Wildman–Crippen LogP) is 2.48. The average molecular weight is 212 g/mol. The van der Waals surface area contributed by atoms with Crippen molar-refractivity contribution in [1.29, 1.82) is 0 Å². The third-order valence-corrected chi connectivity index (χ3v) is 1.46. The molecule has 0 aliphatic carbocycles. The highest BCUT2D eigenvalue weighted by Crippen LogP contribution is 2.10. The second kappa shape index (κ2) is 6.40. The first-order valence-electron chi connectivity index (χ1n) is 4.95. The molecule has 0 aliphatic heterocycles. The van der Waals surface area contributed by atoms with Crippen molar-refractivity contribution in [3.8, 4) is 0 Å². The fraction of sp³-hybridized carbons (Fsp3) is 0.583. The van der Waals surface area contributed by atoms with Gasteiger partial charge in [0.05, 0.1) is 13.2 Å². The van der Waals surface area contributed by atoms with Crippen LogP contribution in [0.5, 0.6) is 0 Å². The Bertz CT molecular complexity index is 246. The summed E-state index contributed by atoms with van der Waals surface area (Å²) in [6.07, 6.45) is 3.37. The van der Waals surface area contributed by atoms with Gasteiger partial charge >= 0.3 is 5.97 Å². The molecule has 0 radical (unpaired) electrons. The van der Waals surface area contributed by atoms with Gasteiger partial charge in [-0.05, 0) is 33.8 Å². The molecule has 0 unspecified atom stereocenters. The summed E-state index contributed by atoms with van der Waals surface area (Å²) in [7, 11) is 0. The Balaban J connectivity index is 4.02. The van der Waals surface area contributed by atoms with E-state index in [0.29, 0.717) is 18.8 Å². The average Bonchev–Trinajstić information content (AvgIpc) is 2.09. The van der Waals surface area contributed by atoms with Crippen LogP contribution in [0.15, 0.2) is 24.3 Å². The number of carbonyl (C=O) groups excluding carboxylic acids is 1. The standard InChI is InChI=1S/C12H20O3/c1-6-8-14-9-7-10(2)11(13)15-12(3,4)5/h6-7H,1,8-9H2,2-5H3/b10-7+. The van der Waals surface area contributed by atoms with E-state index in [-0.39, 0.29) is 5.97 Å². The van der Waals surface area contributed by atoms with Crippen LogP contribution in [0.25, 0.3) is 0 Å². The van der Waals surface area contributed by atoms with Gasteiger partial charge in [-0.1, -0.05) is 6.08 Å². The minimum absolute atomic E-state index is 0.301. The SMILES string of the molecule is C=CCOC/C=C(\C)C(=O)OC(C)(C)C. The Morgan fingerprint density at radius 3 is 2.40 bits per heavy atom. The molecule has 0 amide bonds. The fourth-order valence-electron chi connectivity index (χ4n) is 0.777. The van der Waals surface area contributed by atoms with Crippen LogP contribution in [0.1, 0.15) is 27.7 Å². The van der Waals surface area contributed by atoms with Gasteiger partial charge in [0, 0.05) is 5.57 Å². The maximum Gasteiger partial charge on any atom is 0.333 e. The van der Waals surface area contributed by atoms with E-state index in [9.17, 15) is 4.79 Å². The molecule has 0 rings (SSSR count). The maximum atomic E-state index is 11.5. The molecular weight excluding hydrogens is 192 g/mol. The maximum absolute atomic E-state index is 11.5. The van der Waals surface area contributed by atoms with Gasteiger partial charge in [0.1, 0.15) is 5.60 Å². The van der Waals surface area contributed by atoms with Gasteiger partial charge in [0.2, 0.25) is 0 Å². The van der Waals surface area contributed by atoms with Crippen molar-refractivity contribution in [2.45, 2.75) is 33.3 Å². The first kappa shape index (κ1) is 13.9. The van der Waals surface area contributed by atoms with E-state index in [4.69, 9.17) is 9.47 Å². The summed E-state index contributed by atoms with van der Waals surface area (Å²) in [6.45, 7) is 11.6. The molecule has 0 aromatic heterocycles. The number of ether oxygens (including phenoxy) is 2. The summed E-state index contributed by atoms with van der Waals surface area (Å²) in [5, 5.41) is 0. The summed E-state index contributed by atoms with van der Waals surface area (Å²) in [5.74, 6) is -0.301. The van der Waals surface area contributed by atoms with Crippen molar-refractivity contribution < 1.29 is 14.3 Å². The van der Waals surface area contributed by atoms with E-state index in [2.05, 4.69) is 6.58 Å². The van der Waals surface area contributed by atoms with Gasteiger partial charge in [0.25, 0.3) is 0 Å². The van der Waals surface area contributed by atoms with Crippen molar-refractivity contribution in [2.24, 2.45) is 0 Å². The minimum Gasteiger partial charge on any atom is -0.457 e. The molecule has 0 fully saturated rings. The largest absolute Gasteiger partial charge is 0.457 e. The Morgan fingerprint density at radius 1 is 1.33 bits per heavy atom. The smallest absolute Gasteiger partial charge is 0.333 e. The van der Waals surface area contributed by atoms with Crippen molar-refractivity contribution in [1.82, 2.24) is 0 Å². The lowest BCUT2D eigenvalue weighted by molar-refractivity contribution is -0.149. The Labute approximate surface area is 91.8 Å². The van der Waals surface area contributed by atoms with E-state index in [1.807, 2.05) is 20.8 Å². The number of esters is 1. The van der Waals surface area contributed by atoms with Gasteiger partial charge in [-0.15, -0.1) is 6.58 Å². The summed E-state index contributed by atoms with van der Waals surface area (Å²) >= 11 is 0. The van der Waals surface area contributed by atoms with Gasteiger partial charge in [-0.3, -0.25) is 0 Å². The lowest BCUT2D eigenvalue weighted by Crippen LogP contribution is -2.24. The molecule has 3 nitrogen and oxygen atoms in total. The number of rotatable bonds is 5. The molecule has 3 heteroatoms. The first-order chi connectivity index (χ1) is 6.87. The van der Waals surface area contributed by atoms with Crippen LogP contribution in [0.2, 0.25) is 0 Å². The van der Waals surface area contributed by atoms with Crippen LogP contribution >= 0.6 is 0 Å². The number of carbonyl (C=O) groups is 1. The second-order valence-electron chi connectivity index (χ2n) is 4.22.